The zero-order valence-electron chi connectivity index (χ0n) is 21.8. The lowest BCUT2D eigenvalue weighted by Crippen LogP contribution is -2.41. The second-order valence-corrected chi connectivity index (χ2v) is 9.45. The minimum Gasteiger partial charge on any atom is -0.485 e. The van der Waals surface area contributed by atoms with Gasteiger partial charge in [-0.05, 0) is 49.4 Å². The van der Waals surface area contributed by atoms with E-state index in [-0.39, 0.29) is 43.1 Å². The zero-order chi connectivity index (χ0) is 27.2. The molecule has 3 heterocycles. The maximum absolute atomic E-state index is 12.8. The summed E-state index contributed by atoms with van der Waals surface area (Å²) in [6.07, 6.45) is 0. The van der Waals surface area contributed by atoms with Gasteiger partial charge in [0.05, 0.1) is 25.4 Å². The lowest BCUT2D eigenvalue weighted by molar-refractivity contribution is -0.121. The van der Waals surface area contributed by atoms with E-state index in [1.54, 1.807) is 30.3 Å². The Hall–Kier alpha value is -4.15. The molecule has 0 aliphatic carbocycles. The Kier molecular flexibility index (Phi) is 8.24. The first-order valence-electron chi connectivity index (χ1n) is 12.9. The average molecular weight is 534 g/mol. The highest BCUT2D eigenvalue weighted by atomic mass is 16.5. The molecule has 0 atom stereocenters. The van der Waals surface area contributed by atoms with Crippen molar-refractivity contribution in [3.8, 4) is 11.5 Å². The maximum atomic E-state index is 12.8. The predicted molar refractivity (Wildman–Crippen MR) is 142 cm³/mol. The summed E-state index contributed by atoms with van der Waals surface area (Å²) < 4.78 is 22.3. The SMILES string of the molecule is Cc1ccc(OCC(=O)c2ccc3c(c2)N(Cc2ccc(C(=O)NCCN4CCOCC4)o2)C(=O)CO3)cc1. The second kappa shape index (κ2) is 12.1. The molecule has 10 heteroatoms. The minimum atomic E-state index is -0.315. The van der Waals surface area contributed by atoms with Crippen LogP contribution in [0.15, 0.2) is 59.0 Å². The van der Waals surface area contributed by atoms with Crippen molar-refractivity contribution in [2.75, 3.05) is 57.5 Å². The van der Waals surface area contributed by atoms with Crippen LogP contribution in [0.5, 0.6) is 11.5 Å². The molecule has 1 saturated heterocycles. The summed E-state index contributed by atoms with van der Waals surface area (Å²) in [6.45, 7) is 6.13. The number of amides is 2. The zero-order valence-corrected chi connectivity index (χ0v) is 21.8. The van der Waals surface area contributed by atoms with Crippen molar-refractivity contribution in [1.29, 1.82) is 0 Å². The summed E-state index contributed by atoms with van der Waals surface area (Å²) in [7, 11) is 0. The van der Waals surface area contributed by atoms with Crippen molar-refractivity contribution in [2.45, 2.75) is 13.5 Å². The number of benzene rings is 2. The fourth-order valence-corrected chi connectivity index (χ4v) is 4.40. The van der Waals surface area contributed by atoms with Crippen LogP contribution in [0.3, 0.4) is 0 Å². The number of nitrogens with zero attached hydrogens (tertiary/aromatic N) is 2. The van der Waals surface area contributed by atoms with Crippen LogP contribution < -0.4 is 19.7 Å². The number of rotatable bonds is 10. The first-order chi connectivity index (χ1) is 19.0. The highest BCUT2D eigenvalue weighted by molar-refractivity contribution is 6.02. The molecule has 0 unspecified atom stereocenters. The number of hydrogen-bond acceptors (Lipinski definition) is 8. The third-order valence-corrected chi connectivity index (χ3v) is 6.63. The van der Waals surface area contributed by atoms with Crippen LogP contribution >= 0.6 is 0 Å². The number of morpholine rings is 1. The second-order valence-electron chi connectivity index (χ2n) is 9.45. The molecule has 2 aliphatic rings. The van der Waals surface area contributed by atoms with E-state index in [9.17, 15) is 14.4 Å². The quantitative estimate of drug-likeness (QED) is 0.396. The Morgan fingerprint density at radius 3 is 2.62 bits per heavy atom. The van der Waals surface area contributed by atoms with Crippen molar-refractivity contribution >= 4 is 23.3 Å². The van der Waals surface area contributed by atoms with Gasteiger partial charge in [0.1, 0.15) is 17.3 Å². The van der Waals surface area contributed by atoms with Crippen molar-refractivity contribution in [2.24, 2.45) is 0 Å². The van der Waals surface area contributed by atoms with Gasteiger partial charge in [-0.1, -0.05) is 17.7 Å². The first-order valence-corrected chi connectivity index (χ1v) is 12.9. The van der Waals surface area contributed by atoms with Crippen LogP contribution in [-0.2, 0) is 16.1 Å². The maximum Gasteiger partial charge on any atom is 0.287 e. The third-order valence-electron chi connectivity index (χ3n) is 6.63. The van der Waals surface area contributed by atoms with E-state index in [2.05, 4.69) is 10.2 Å². The standard InChI is InChI=1S/C29H31N3O7/c1-20-2-5-22(6-3-20)37-18-25(33)21-4-8-26-24(16-21)32(28(34)19-38-26)17-23-7-9-27(39-23)29(35)30-10-11-31-12-14-36-15-13-31/h2-9,16H,10-15,17-19H2,1H3,(H,30,35). The molecule has 204 valence electrons. The Morgan fingerprint density at radius 2 is 1.82 bits per heavy atom. The molecule has 0 spiro atoms. The van der Waals surface area contributed by atoms with Crippen molar-refractivity contribution in [3.63, 3.8) is 0 Å². The van der Waals surface area contributed by atoms with Gasteiger partial charge in [-0.15, -0.1) is 0 Å². The van der Waals surface area contributed by atoms with E-state index in [1.807, 2.05) is 31.2 Å². The van der Waals surface area contributed by atoms with Gasteiger partial charge in [0.2, 0.25) is 0 Å². The monoisotopic (exact) mass is 533 g/mol. The van der Waals surface area contributed by atoms with E-state index in [1.165, 1.54) is 4.90 Å². The van der Waals surface area contributed by atoms with E-state index < -0.39 is 0 Å². The van der Waals surface area contributed by atoms with Gasteiger partial charge in [-0.25, -0.2) is 0 Å². The predicted octanol–water partition coefficient (Wildman–Crippen LogP) is 2.84. The number of furan rings is 1. The average Bonchev–Trinajstić information content (AvgIpc) is 3.43. The van der Waals surface area contributed by atoms with Crippen LogP contribution in [0.2, 0.25) is 0 Å². The summed E-state index contributed by atoms with van der Waals surface area (Å²) in [5.41, 5.74) is 1.95. The van der Waals surface area contributed by atoms with E-state index in [0.717, 1.165) is 25.2 Å². The number of anilines is 1. The molecule has 1 N–H and O–H groups in total. The smallest absolute Gasteiger partial charge is 0.287 e. The largest absolute Gasteiger partial charge is 0.485 e. The number of aryl methyl sites for hydroxylation is 1. The van der Waals surface area contributed by atoms with Gasteiger partial charge >= 0.3 is 0 Å². The summed E-state index contributed by atoms with van der Waals surface area (Å²) in [5, 5.41) is 2.87. The van der Waals surface area contributed by atoms with Crippen molar-refractivity contribution in [1.82, 2.24) is 10.2 Å². The molecule has 2 aliphatic heterocycles. The highest BCUT2D eigenvalue weighted by Crippen LogP contribution is 2.34. The summed E-state index contributed by atoms with van der Waals surface area (Å²) in [5.74, 6) is 0.870. The molecule has 39 heavy (non-hydrogen) atoms. The number of nitrogens with one attached hydrogen (secondary N) is 1. The Labute approximate surface area is 226 Å². The summed E-state index contributed by atoms with van der Waals surface area (Å²) in [4.78, 5) is 41.9. The first kappa shape index (κ1) is 26.5. The molecular formula is C29H31N3O7. The molecule has 10 nitrogen and oxygen atoms in total. The van der Waals surface area contributed by atoms with Crippen LogP contribution in [0.1, 0.15) is 32.2 Å². The van der Waals surface area contributed by atoms with Crippen LogP contribution in [-0.4, -0.2) is 75.1 Å². The number of ether oxygens (including phenoxy) is 3. The molecule has 3 aromatic rings. The number of ketones is 1. The van der Waals surface area contributed by atoms with Crippen molar-refractivity contribution in [3.05, 3.63) is 77.2 Å². The molecule has 5 rings (SSSR count). The number of carbonyl (C=O) groups is 3. The van der Waals surface area contributed by atoms with Gasteiger partial charge < -0.3 is 23.9 Å². The molecule has 0 bridgehead atoms. The van der Waals surface area contributed by atoms with Gasteiger partial charge in [0, 0.05) is 31.7 Å². The van der Waals surface area contributed by atoms with E-state index in [4.69, 9.17) is 18.6 Å². The van der Waals surface area contributed by atoms with Gasteiger partial charge in [-0.2, -0.15) is 0 Å². The molecule has 1 aromatic heterocycles. The summed E-state index contributed by atoms with van der Waals surface area (Å²) >= 11 is 0. The van der Waals surface area contributed by atoms with Gasteiger partial charge in [-0.3, -0.25) is 24.2 Å². The Bertz CT molecular complexity index is 1330. The van der Waals surface area contributed by atoms with Crippen LogP contribution in [0.4, 0.5) is 5.69 Å². The van der Waals surface area contributed by atoms with Gasteiger partial charge in [0.15, 0.2) is 24.8 Å². The molecule has 0 saturated carbocycles. The lowest BCUT2D eigenvalue weighted by atomic mass is 10.1. The van der Waals surface area contributed by atoms with Crippen molar-refractivity contribution < 1.29 is 33.0 Å². The van der Waals surface area contributed by atoms with E-state index in [0.29, 0.717) is 48.3 Å². The normalized spacial score (nSPS) is 15.4. The molecule has 2 amide bonds. The van der Waals surface area contributed by atoms with Crippen LogP contribution in [0, 0.1) is 6.92 Å². The topological polar surface area (TPSA) is 111 Å². The fourth-order valence-electron chi connectivity index (χ4n) is 4.40. The molecule has 0 radical (unpaired) electrons. The van der Waals surface area contributed by atoms with Crippen LogP contribution in [0.25, 0.3) is 0 Å². The third kappa shape index (κ3) is 6.65. The van der Waals surface area contributed by atoms with Gasteiger partial charge in [0.25, 0.3) is 11.8 Å². The molecule has 2 aromatic carbocycles. The molecule has 1 fully saturated rings. The minimum absolute atomic E-state index is 0.0910. The number of Topliss-reactive ketones (excluding diaryl/α,β-unsaturated/α-hetero) is 1. The number of carbonyl (C=O) groups excluding carboxylic acids is 3. The molecular weight excluding hydrogens is 502 g/mol. The fraction of sp³-hybridized carbons (Fsp3) is 0.345. The highest BCUT2D eigenvalue weighted by Gasteiger charge is 2.28. The number of fused-ring (bicyclic) bond motifs is 1. The summed E-state index contributed by atoms with van der Waals surface area (Å²) in [6, 6.07) is 15.6. The van der Waals surface area contributed by atoms with E-state index >= 15 is 0 Å². The lowest BCUT2D eigenvalue weighted by Gasteiger charge is -2.29. The Morgan fingerprint density at radius 1 is 1.03 bits per heavy atom. The number of hydrogen-bond donors (Lipinski definition) is 1. The Balaban J connectivity index is 1.21.